The Hall–Kier alpha value is -2.08. The largest absolute Gasteiger partial charge is 0.542 e. The number of ketones is 1. The van der Waals surface area contributed by atoms with E-state index in [4.69, 9.17) is 9.16 Å². The van der Waals surface area contributed by atoms with Crippen molar-refractivity contribution >= 4 is 25.6 Å². The van der Waals surface area contributed by atoms with Crippen LogP contribution in [0.2, 0.25) is 18.1 Å². The number of carbonyl (C=O) groups excluding carboxylic acids is 2. The molecule has 0 aliphatic heterocycles. The van der Waals surface area contributed by atoms with Crippen LogP contribution in [0.15, 0.2) is 30.5 Å². The van der Waals surface area contributed by atoms with Gasteiger partial charge in [0.2, 0.25) is 0 Å². The van der Waals surface area contributed by atoms with Crippen LogP contribution < -0.4 is 4.43 Å². The number of pyridine rings is 1. The van der Waals surface area contributed by atoms with Gasteiger partial charge in [-0.15, -0.1) is 0 Å². The molecule has 6 heteroatoms. The van der Waals surface area contributed by atoms with Crippen molar-refractivity contribution in [3.63, 3.8) is 0 Å². The van der Waals surface area contributed by atoms with E-state index in [9.17, 15) is 9.59 Å². The van der Waals surface area contributed by atoms with E-state index in [1.54, 1.807) is 23.6 Å². The number of esters is 1. The number of aromatic nitrogens is 1. The molecule has 2 aromatic heterocycles. The van der Waals surface area contributed by atoms with Gasteiger partial charge in [-0.1, -0.05) is 26.8 Å². The monoisotopic (exact) mass is 347 g/mol. The molecule has 0 bridgehead atoms. The highest BCUT2D eigenvalue weighted by molar-refractivity contribution is 6.74. The summed E-state index contributed by atoms with van der Waals surface area (Å²) in [5.41, 5.74) is 1.03. The lowest BCUT2D eigenvalue weighted by atomic mass is 10.2. The van der Waals surface area contributed by atoms with Crippen molar-refractivity contribution in [2.24, 2.45) is 0 Å². The standard InChI is InChI=1S/C18H25NO4Si/c1-7-22-17(21)16(20)14-12-15(13-10-8-9-11-19(13)14)23-24(5,6)18(2,3)4/h8-12H,7H2,1-6H3. The van der Waals surface area contributed by atoms with E-state index >= 15 is 0 Å². The highest BCUT2D eigenvalue weighted by atomic mass is 28.4. The van der Waals surface area contributed by atoms with Crippen molar-refractivity contribution in [1.29, 1.82) is 0 Å². The van der Waals surface area contributed by atoms with Gasteiger partial charge in [-0.2, -0.15) is 0 Å². The van der Waals surface area contributed by atoms with Crippen LogP contribution in [-0.2, 0) is 9.53 Å². The third-order valence-electron chi connectivity index (χ3n) is 4.50. The van der Waals surface area contributed by atoms with Crippen LogP contribution >= 0.6 is 0 Å². The van der Waals surface area contributed by atoms with Gasteiger partial charge in [0.1, 0.15) is 11.4 Å². The molecule has 2 heterocycles. The summed E-state index contributed by atoms with van der Waals surface area (Å²) in [5, 5.41) is 0.0291. The minimum atomic E-state index is -2.07. The maximum atomic E-state index is 12.4. The SMILES string of the molecule is CCOC(=O)C(=O)c1cc(O[Si](C)(C)C(C)(C)C)c2ccccn12. The van der Waals surface area contributed by atoms with Gasteiger partial charge in [-0.25, -0.2) is 4.79 Å². The lowest BCUT2D eigenvalue weighted by Crippen LogP contribution is -2.43. The molecule has 0 spiro atoms. The Bertz CT molecular complexity index is 771. The number of ether oxygens (including phenoxy) is 1. The summed E-state index contributed by atoms with van der Waals surface area (Å²) in [7, 11) is -2.07. The molecule has 2 rings (SSSR count). The first-order valence-corrected chi connectivity index (χ1v) is 11.0. The second-order valence-corrected chi connectivity index (χ2v) is 12.0. The molecule has 2 aromatic rings. The zero-order valence-electron chi connectivity index (χ0n) is 15.2. The second-order valence-electron chi connectivity index (χ2n) is 7.26. The predicted octanol–water partition coefficient (Wildman–Crippen LogP) is 4.07. The Labute approximate surface area is 143 Å². The summed E-state index contributed by atoms with van der Waals surface area (Å²) in [6.07, 6.45) is 1.75. The van der Waals surface area contributed by atoms with Gasteiger partial charge in [0.25, 0.3) is 14.1 Å². The molecule has 130 valence electrons. The van der Waals surface area contributed by atoms with E-state index in [-0.39, 0.29) is 17.3 Å². The maximum absolute atomic E-state index is 12.4. The Morgan fingerprint density at radius 2 is 1.88 bits per heavy atom. The van der Waals surface area contributed by atoms with Gasteiger partial charge in [0.15, 0.2) is 0 Å². The highest BCUT2D eigenvalue weighted by Crippen LogP contribution is 2.39. The molecule has 0 aliphatic rings. The molecular formula is C18H25NO4Si. The molecule has 0 fully saturated rings. The van der Waals surface area contributed by atoms with Crippen molar-refractivity contribution in [2.75, 3.05) is 6.61 Å². The number of hydrogen-bond donors (Lipinski definition) is 0. The Balaban J connectivity index is 2.50. The van der Waals surface area contributed by atoms with Gasteiger partial charge in [0.05, 0.1) is 12.1 Å². The molecule has 24 heavy (non-hydrogen) atoms. The van der Waals surface area contributed by atoms with E-state index in [1.165, 1.54) is 0 Å². The first-order valence-electron chi connectivity index (χ1n) is 8.09. The number of carbonyl (C=O) groups is 2. The smallest absolute Gasteiger partial charge is 0.381 e. The molecule has 0 saturated carbocycles. The van der Waals surface area contributed by atoms with Crippen LogP contribution in [0.25, 0.3) is 5.52 Å². The molecule has 0 atom stereocenters. The summed E-state index contributed by atoms with van der Waals surface area (Å²) in [6.45, 7) is 12.6. The fourth-order valence-corrected chi connectivity index (χ4v) is 3.13. The molecule has 0 aliphatic carbocycles. The van der Waals surface area contributed by atoms with Crippen molar-refractivity contribution in [3.05, 3.63) is 36.2 Å². The average Bonchev–Trinajstić information content (AvgIpc) is 2.84. The van der Waals surface area contributed by atoms with Crippen LogP contribution in [0.3, 0.4) is 0 Å². The molecule has 0 unspecified atom stereocenters. The third-order valence-corrected chi connectivity index (χ3v) is 8.85. The minimum Gasteiger partial charge on any atom is -0.542 e. The van der Waals surface area contributed by atoms with Crippen LogP contribution in [0.4, 0.5) is 0 Å². The normalized spacial score (nSPS) is 12.2. The van der Waals surface area contributed by atoms with Crippen LogP contribution in [0.1, 0.15) is 38.2 Å². The Kier molecular flexibility index (Phi) is 4.89. The van der Waals surface area contributed by atoms with Crippen molar-refractivity contribution in [2.45, 2.75) is 45.8 Å². The maximum Gasteiger partial charge on any atom is 0.381 e. The van der Waals surface area contributed by atoms with Crippen molar-refractivity contribution in [3.8, 4) is 5.75 Å². The van der Waals surface area contributed by atoms with Gasteiger partial charge in [-0.05, 0) is 37.2 Å². The molecule has 0 saturated heterocycles. The Morgan fingerprint density at radius 1 is 1.21 bits per heavy atom. The van der Waals surface area contributed by atoms with E-state index < -0.39 is 20.1 Å². The second kappa shape index (κ2) is 6.43. The molecule has 0 radical (unpaired) electrons. The van der Waals surface area contributed by atoms with Gasteiger partial charge < -0.3 is 13.6 Å². The fraction of sp³-hybridized carbons (Fsp3) is 0.444. The first kappa shape index (κ1) is 18.3. The molecule has 5 nitrogen and oxygen atoms in total. The van der Waals surface area contributed by atoms with E-state index in [1.807, 2.05) is 18.2 Å². The summed E-state index contributed by atoms with van der Waals surface area (Å²) in [6, 6.07) is 7.22. The molecular weight excluding hydrogens is 322 g/mol. The minimum absolute atomic E-state index is 0.0291. The van der Waals surface area contributed by atoms with Gasteiger partial charge >= 0.3 is 5.97 Å². The number of hydrogen-bond acceptors (Lipinski definition) is 4. The number of nitrogens with zero attached hydrogens (tertiary/aromatic N) is 1. The van der Waals surface area contributed by atoms with Crippen LogP contribution in [0, 0.1) is 0 Å². The quantitative estimate of drug-likeness (QED) is 0.354. The topological polar surface area (TPSA) is 57.0 Å². The zero-order chi connectivity index (χ0) is 18.1. The molecule has 0 aromatic carbocycles. The first-order chi connectivity index (χ1) is 11.1. The van der Waals surface area contributed by atoms with E-state index in [0.717, 1.165) is 5.52 Å². The number of rotatable bonds is 5. The summed E-state index contributed by atoms with van der Waals surface area (Å²) < 4.78 is 12.9. The Morgan fingerprint density at radius 3 is 2.46 bits per heavy atom. The lowest BCUT2D eigenvalue weighted by molar-refractivity contribution is -0.137. The molecule has 0 N–H and O–H groups in total. The van der Waals surface area contributed by atoms with Crippen LogP contribution in [0.5, 0.6) is 5.75 Å². The predicted molar refractivity (Wildman–Crippen MR) is 96.2 cm³/mol. The summed E-state index contributed by atoms with van der Waals surface area (Å²) in [5.74, 6) is -0.877. The van der Waals surface area contributed by atoms with Crippen molar-refractivity contribution < 1.29 is 18.8 Å². The lowest BCUT2D eigenvalue weighted by Gasteiger charge is -2.36. The van der Waals surface area contributed by atoms with Crippen LogP contribution in [-0.4, -0.2) is 31.1 Å². The molecule has 0 amide bonds. The van der Waals surface area contributed by atoms with E-state index in [2.05, 4.69) is 33.9 Å². The summed E-state index contributed by atoms with van der Waals surface area (Å²) in [4.78, 5) is 24.2. The number of fused-ring (bicyclic) bond motifs is 1. The zero-order valence-corrected chi connectivity index (χ0v) is 16.2. The fourth-order valence-electron chi connectivity index (χ4n) is 2.11. The van der Waals surface area contributed by atoms with Crippen molar-refractivity contribution in [1.82, 2.24) is 4.40 Å². The van der Waals surface area contributed by atoms with E-state index in [0.29, 0.717) is 5.75 Å². The average molecular weight is 347 g/mol. The highest BCUT2D eigenvalue weighted by Gasteiger charge is 2.39. The van der Waals surface area contributed by atoms with Gasteiger partial charge in [-0.3, -0.25) is 4.79 Å². The third kappa shape index (κ3) is 3.38. The van der Waals surface area contributed by atoms with Gasteiger partial charge in [0, 0.05) is 12.3 Å². The number of Topliss-reactive ketones (excluding diaryl/α,β-unsaturated/α-hetero) is 1. The summed E-state index contributed by atoms with van der Waals surface area (Å²) >= 11 is 0.